The summed E-state index contributed by atoms with van der Waals surface area (Å²) < 4.78 is 34.3. The van der Waals surface area contributed by atoms with Crippen molar-refractivity contribution in [2.75, 3.05) is 26.7 Å². The Morgan fingerprint density at radius 1 is 1.11 bits per heavy atom. The molecule has 0 aliphatic carbocycles. The summed E-state index contributed by atoms with van der Waals surface area (Å²) in [6.07, 6.45) is 2.26. The van der Waals surface area contributed by atoms with Gasteiger partial charge in [-0.1, -0.05) is 18.2 Å². The number of methoxy groups -OCH3 is 1. The van der Waals surface area contributed by atoms with Crippen LogP contribution in [0.2, 0.25) is 0 Å². The van der Waals surface area contributed by atoms with Crippen molar-refractivity contribution in [3.8, 4) is 11.5 Å². The van der Waals surface area contributed by atoms with E-state index in [0.29, 0.717) is 12.1 Å². The smallest absolute Gasteiger partial charge is 0.387 e. The van der Waals surface area contributed by atoms with Gasteiger partial charge in [0.25, 0.3) is 5.91 Å². The topological polar surface area (TPSA) is 50.8 Å². The number of alkyl halides is 2. The molecule has 1 aliphatic heterocycles. The molecule has 1 heterocycles. The van der Waals surface area contributed by atoms with E-state index < -0.39 is 6.61 Å². The molecule has 0 bridgehead atoms. The summed E-state index contributed by atoms with van der Waals surface area (Å²) in [6, 6.07) is 13.5. The van der Waals surface area contributed by atoms with Crippen LogP contribution >= 0.6 is 0 Å². The van der Waals surface area contributed by atoms with Crippen LogP contribution in [0, 0.1) is 0 Å². The van der Waals surface area contributed by atoms with E-state index >= 15 is 0 Å². The highest BCUT2D eigenvalue weighted by molar-refractivity contribution is 5.94. The van der Waals surface area contributed by atoms with Gasteiger partial charge in [0.15, 0.2) is 0 Å². The van der Waals surface area contributed by atoms with Crippen LogP contribution in [-0.2, 0) is 0 Å². The van der Waals surface area contributed by atoms with Gasteiger partial charge < -0.3 is 14.8 Å². The first-order valence-corrected chi connectivity index (χ1v) is 9.28. The van der Waals surface area contributed by atoms with Crippen LogP contribution in [0.1, 0.15) is 34.8 Å². The van der Waals surface area contributed by atoms with Gasteiger partial charge in [0.05, 0.1) is 13.2 Å². The van der Waals surface area contributed by atoms with Gasteiger partial charge in [-0.25, -0.2) is 0 Å². The van der Waals surface area contributed by atoms with Crippen LogP contribution in [0.3, 0.4) is 0 Å². The third-order valence-electron chi connectivity index (χ3n) is 4.88. The van der Waals surface area contributed by atoms with Gasteiger partial charge in [-0.3, -0.25) is 9.69 Å². The van der Waals surface area contributed by atoms with Gasteiger partial charge in [-0.15, -0.1) is 0 Å². The third kappa shape index (κ3) is 4.98. The Bertz CT molecular complexity index is 777. The second kappa shape index (κ2) is 9.50. The van der Waals surface area contributed by atoms with Crippen LogP contribution in [-0.4, -0.2) is 44.2 Å². The minimum Gasteiger partial charge on any atom is -0.496 e. The lowest BCUT2D eigenvalue weighted by Crippen LogP contribution is -2.37. The first-order chi connectivity index (χ1) is 13.6. The Balaban J connectivity index is 1.70. The number of hydrogen-bond acceptors (Lipinski definition) is 4. The fourth-order valence-corrected chi connectivity index (χ4v) is 3.51. The normalized spacial score (nSPS) is 15.4. The Kier molecular flexibility index (Phi) is 6.81. The van der Waals surface area contributed by atoms with E-state index in [4.69, 9.17) is 4.74 Å². The largest absolute Gasteiger partial charge is 0.496 e. The lowest BCUT2D eigenvalue weighted by atomic mass is 10.0. The Labute approximate surface area is 163 Å². The Morgan fingerprint density at radius 2 is 1.79 bits per heavy atom. The molecule has 0 saturated carbocycles. The predicted octanol–water partition coefficient (Wildman–Crippen LogP) is 3.86. The molecule has 5 nitrogen and oxygen atoms in total. The lowest BCUT2D eigenvalue weighted by Gasteiger charge is -2.29. The first-order valence-electron chi connectivity index (χ1n) is 9.28. The molecule has 1 unspecified atom stereocenters. The number of benzene rings is 2. The number of halogens is 2. The molecule has 1 fully saturated rings. The molecular formula is C21H24F2N2O3. The standard InChI is InChI=1S/C21H24F2N2O3/c1-27-19-7-3-2-6-17(19)18(25-12-4-5-13-25)14-24-20(26)15-8-10-16(11-9-15)28-21(22)23/h2-3,6-11,18,21H,4-5,12-14H2,1H3,(H,24,26). The fraction of sp³-hybridized carbons (Fsp3) is 0.381. The van der Waals surface area contributed by atoms with Crippen molar-refractivity contribution >= 4 is 5.91 Å². The van der Waals surface area contributed by atoms with E-state index in [-0.39, 0.29) is 17.7 Å². The number of likely N-dealkylation sites (tertiary alicyclic amines) is 1. The summed E-state index contributed by atoms with van der Waals surface area (Å²) in [7, 11) is 1.64. The van der Waals surface area contributed by atoms with E-state index in [0.717, 1.165) is 37.2 Å². The van der Waals surface area contributed by atoms with Gasteiger partial charge in [0, 0.05) is 17.7 Å². The number of rotatable bonds is 8. The summed E-state index contributed by atoms with van der Waals surface area (Å²) in [6.45, 7) is -0.521. The quantitative estimate of drug-likeness (QED) is 0.744. The molecule has 3 rings (SSSR count). The van der Waals surface area contributed by atoms with Gasteiger partial charge in [-0.05, 0) is 56.3 Å². The molecule has 2 aromatic carbocycles. The van der Waals surface area contributed by atoms with Gasteiger partial charge in [0.2, 0.25) is 0 Å². The minimum atomic E-state index is -2.89. The maximum atomic E-state index is 12.5. The highest BCUT2D eigenvalue weighted by atomic mass is 19.3. The first kappa shape index (κ1) is 20.1. The van der Waals surface area contributed by atoms with Crippen molar-refractivity contribution in [1.29, 1.82) is 0 Å². The maximum Gasteiger partial charge on any atom is 0.387 e. The van der Waals surface area contributed by atoms with Crippen LogP contribution in [0.5, 0.6) is 11.5 Å². The molecule has 1 atom stereocenters. The molecule has 0 aromatic heterocycles. The zero-order chi connectivity index (χ0) is 19.9. The van der Waals surface area contributed by atoms with Crippen LogP contribution in [0.4, 0.5) is 8.78 Å². The number of carbonyl (C=O) groups is 1. The molecular weight excluding hydrogens is 366 g/mol. The number of nitrogens with zero attached hydrogens (tertiary/aromatic N) is 1. The third-order valence-corrected chi connectivity index (χ3v) is 4.88. The van der Waals surface area contributed by atoms with Crippen molar-refractivity contribution in [2.24, 2.45) is 0 Å². The molecule has 1 N–H and O–H groups in total. The number of amides is 1. The van der Waals surface area contributed by atoms with Crippen molar-refractivity contribution in [2.45, 2.75) is 25.5 Å². The van der Waals surface area contributed by atoms with E-state index in [9.17, 15) is 13.6 Å². The molecule has 150 valence electrons. The van der Waals surface area contributed by atoms with E-state index in [1.807, 2.05) is 24.3 Å². The number of hydrogen-bond donors (Lipinski definition) is 1. The number of para-hydroxylation sites is 1. The summed E-state index contributed by atoms with van der Waals surface area (Å²) in [5, 5.41) is 2.96. The highest BCUT2D eigenvalue weighted by Crippen LogP contribution is 2.31. The van der Waals surface area contributed by atoms with E-state index in [1.165, 1.54) is 24.3 Å². The van der Waals surface area contributed by atoms with Crippen LogP contribution < -0.4 is 14.8 Å². The van der Waals surface area contributed by atoms with Gasteiger partial charge in [0.1, 0.15) is 11.5 Å². The molecule has 1 saturated heterocycles. The molecule has 2 aromatic rings. The molecule has 28 heavy (non-hydrogen) atoms. The Hall–Kier alpha value is -2.67. The average molecular weight is 390 g/mol. The predicted molar refractivity (Wildman–Crippen MR) is 102 cm³/mol. The van der Waals surface area contributed by atoms with Crippen molar-refractivity contribution < 1.29 is 23.0 Å². The zero-order valence-corrected chi connectivity index (χ0v) is 15.7. The SMILES string of the molecule is COc1ccccc1C(CNC(=O)c1ccc(OC(F)F)cc1)N1CCCC1. The van der Waals surface area contributed by atoms with Gasteiger partial charge >= 0.3 is 6.61 Å². The molecule has 0 spiro atoms. The molecule has 0 radical (unpaired) electrons. The van der Waals surface area contributed by atoms with Gasteiger partial charge in [-0.2, -0.15) is 8.78 Å². The maximum absolute atomic E-state index is 12.5. The monoisotopic (exact) mass is 390 g/mol. The zero-order valence-electron chi connectivity index (χ0n) is 15.7. The fourth-order valence-electron chi connectivity index (χ4n) is 3.51. The number of carbonyl (C=O) groups excluding carboxylic acids is 1. The number of ether oxygens (including phenoxy) is 2. The minimum absolute atomic E-state index is 0.00374. The summed E-state index contributed by atoms with van der Waals surface area (Å²) >= 11 is 0. The lowest BCUT2D eigenvalue weighted by molar-refractivity contribution is -0.0498. The second-order valence-corrected chi connectivity index (χ2v) is 6.61. The highest BCUT2D eigenvalue weighted by Gasteiger charge is 2.26. The molecule has 1 amide bonds. The summed E-state index contributed by atoms with van der Waals surface area (Å²) in [5.41, 5.74) is 1.43. The van der Waals surface area contributed by atoms with E-state index in [1.54, 1.807) is 7.11 Å². The second-order valence-electron chi connectivity index (χ2n) is 6.61. The summed E-state index contributed by atoms with van der Waals surface area (Å²) in [5.74, 6) is 0.556. The van der Waals surface area contributed by atoms with Crippen molar-refractivity contribution in [1.82, 2.24) is 10.2 Å². The molecule has 7 heteroatoms. The molecule has 1 aliphatic rings. The number of nitrogens with one attached hydrogen (secondary N) is 1. The van der Waals surface area contributed by atoms with Crippen LogP contribution in [0.15, 0.2) is 48.5 Å². The van der Waals surface area contributed by atoms with Crippen molar-refractivity contribution in [3.05, 3.63) is 59.7 Å². The average Bonchev–Trinajstić information content (AvgIpc) is 3.23. The van der Waals surface area contributed by atoms with Crippen LogP contribution in [0.25, 0.3) is 0 Å². The Morgan fingerprint density at radius 3 is 2.43 bits per heavy atom. The summed E-state index contributed by atoms with van der Waals surface area (Å²) in [4.78, 5) is 14.9. The van der Waals surface area contributed by atoms with E-state index in [2.05, 4.69) is 15.0 Å². The van der Waals surface area contributed by atoms with Crippen molar-refractivity contribution in [3.63, 3.8) is 0 Å².